The molecule has 1 fully saturated rings. The lowest BCUT2D eigenvalue weighted by Crippen LogP contribution is -2.62. The molecule has 96 valence electrons. The Morgan fingerprint density at radius 3 is 2.44 bits per heavy atom. The smallest absolute Gasteiger partial charge is 0.353 e. The van der Waals surface area contributed by atoms with Gasteiger partial charge in [-0.25, -0.2) is 4.39 Å². The highest BCUT2D eigenvalue weighted by molar-refractivity contribution is 6.73. The van der Waals surface area contributed by atoms with Gasteiger partial charge in [-0.3, -0.25) is 0 Å². The van der Waals surface area contributed by atoms with Crippen LogP contribution in [0.5, 0.6) is 0 Å². The monoisotopic (exact) mass is 275 g/mol. The van der Waals surface area contributed by atoms with Crippen molar-refractivity contribution in [3.8, 4) is 0 Å². The first-order chi connectivity index (χ1) is 7.14. The first-order valence-corrected chi connectivity index (χ1v) is 9.02. The molecule has 0 aliphatic carbocycles. The van der Waals surface area contributed by atoms with E-state index in [0.29, 0.717) is 13.2 Å². The molecule has 1 aliphatic heterocycles. The normalized spacial score (nSPS) is 26.8. The molecule has 0 saturated carbocycles. The number of hydrogen-bond acceptors (Lipinski definition) is 2. The zero-order valence-corrected chi connectivity index (χ0v) is 11.4. The number of morpholine rings is 1. The van der Waals surface area contributed by atoms with Crippen LogP contribution in [0.4, 0.5) is 13.2 Å². The second kappa shape index (κ2) is 4.84. The fraction of sp³-hybridized carbons (Fsp3) is 1.00. The van der Waals surface area contributed by atoms with Gasteiger partial charge in [0, 0.05) is 6.54 Å². The molecule has 0 bridgehead atoms. The van der Waals surface area contributed by atoms with E-state index in [1.54, 1.807) is 0 Å². The topological polar surface area (TPSA) is 12.5 Å². The van der Waals surface area contributed by atoms with E-state index in [0.717, 1.165) is 0 Å². The maximum absolute atomic E-state index is 13.6. The van der Waals surface area contributed by atoms with Gasteiger partial charge in [0.05, 0.1) is 19.3 Å². The second-order valence-corrected chi connectivity index (χ2v) is 10.4. The molecular formula is C9H17ClF3NOSi. The van der Waals surface area contributed by atoms with Crippen molar-refractivity contribution >= 4 is 19.8 Å². The van der Waals surface area contributed by atoms with Crippen LogP contribution in [0.25, 0.3) is 0 Å². The van der Waals surface area contributed by atoms with Crippen LogP contribution in [0.1, 0.15) is 0 Å². The Morgan fingerprint density at radius 2 is 2.00 bits per heavy atom. The van der Waals surface area contributed by atoms with Gasteiger partial charge in [0.25, 0.3) is 0 Å². The molecule has 0 amide bonds. The van der Waals surface area contributed by atoms with Crippen LogP contribution in [0, 0.1) is 0 Å². The molecule has 2 atom stereocenters. The lowest BCUT2D eigenvalue weighted by molar-refractivity contribution is -0.0718. The first kappa shape index (κ1) is 14.3. The van der Waals surface area contributed by atoms with Gasteiger partial charge in [-0.1, -0.05) is 19.6 Å². The summed E-state index contributed by atoms with van der Waals surface area (Å²) in [6.07, 6.45) is -2.39. The maximum Gasteiger partial charge on any atom is 0.353 e. The van der Waals surface area contributed by atoms with E-state index in [-0.39, 0.29) is 6.61 Å². The van der Waals surface area contributed by atoms with Gasteiger partial charge in [-0.15, -0.1) is 0 Å². The molecule has 1 heterocycles. The fourth-order valence-electron chi connectivity index (χ4n) is 1.92. The molecule has 1 rings (SSSR count). The van der Waals surface area contributed by atoms with Gasteiger partial charge < -0.3 is 9.30 Å². The van der Waals surface area contributed by atoms with E-state index in [9.17, 15) is 13.2 Å². The van der Waals surface area contributed by atoms with Crippen LogP contribution in [0.3, 0.4) is 0 Å². The van der Waals surface area contributed by atoms with Crippen molar-refractivity contribution < 1.29 is 17.9 Å². The van der Waals surface area contributed by atoms with E-state index in [1.807, 2.05) is 24.2 Å². The Kier molecular flexibility index (Phi) is 4.32. The summed E-state index contributed by atoms with van der Waals surface area (Å²) >= 11 is 4.76. The van der Waals surface area contributed by atoms with Crippen LogP contribution < -0.4 is 0 Å². The summed E-state index contributed by atoms with van der Waals surface area (Å²) in [4.78, 5) is 0. The lowest BCUT2D eigenvalue weighted by Gasteiger charge is -2.45. The van der Waals surface area contributed by atoms with Crippen molar-refractivity contribution in [2.75, 3.05) is 19.8 Å². The summed E-state index contributed by atoms with van der Waals surface area (Å²) in [5, 5.41) is -3.83. The summed E-state index contributed by atoms with van der Waals surface area (Å²) in [5.74, 6) is 0. The molecule has 0 radical (unpaired) electrons. The van der Waals surface area contributed by atoms with Crippen molar-refractivity contribution in [1.82, 2.24) is 4.57 Å². The third-order valence-electron chi connectivity index (χ3n) is 2.68. The van der Waals surface area contributed by atoms with Crippen molar-refractivity contribution in [3.63, 3.8) is 0 Å². The molecule has 2 unspecified atom stereocenters. The summed E-state index contributed by atoms with van der Waals surface area (Å²) in [5.41, 5.74) is 0. The number of hydrogen-bond donors (Lipinski definition) is 0. The van der Waals surface area contributed by atoms with E-state index >= 15 is 0 Å². The van der Waals surface area contributed by atoms with Gasteiger partial charge >= 0.3 is 5.38 Å². The van der Waals surface area contributed by atoms with E-state index in [1.165, 1.54) is 0 Å². The number of nitrogens with zero attached hydrogens (tertiary/aromatic N) is 1. The minimum absolute atomic E-state index is 0.0201. The number of ether oxygens (including phenoxy) is 1. The number of alkyl halides is 4. The third-order valence-corrected chi connectivity index (χ3v) is 5.16. The van der Waals surface area contributed by atoms with Crippen LogP contribution in [-0.2, 0) is 4.74 Å². The zero-order valence-electron chi connectivity index (χ0n) is 9.64. The summed E-state index contributed by atoms with van der Waals surface area (Å²) in [6, 6.07) is -0.937. The number of halogens is 4. The first-order valence-electron chi connectivity index (χ1n) is 5.19. The molecular weight excluding hydrogens is 259 g/mol. The largest absolute Gasteiger partial charge is 0.378 e. The van der Waals surface area contributed by atoms with E-state index in [4.69, 9.17) is 16.3 Å². The molecule has 1 saturated heterocycles. The van der Waals surface area contributed by atoms with Crippen molar-refractivity contribution in [1.29, 1.82) is 0 Å². The quantitative estimate of drug-likeness (QED) is 0.580. The van der Waals surface area contributed by atoms with Gasteiger partial charge in [0.1, 0.15) is 8.24 Å². The van der Waals surface area contributed by atoms with Crippen molar-refractivity contribution in [2.24, 2.45) is 0 Å². The molecule has 0 N–H and O–H groups in total. The molecule has 7 heteroatoms. The SMILES string of the molecule is C[Si](C)(C)N1CCOCC1C(F)C(F)(F)Cl. The van der Waals surface area contributed by atoms with Crippen molar-refractivity contribution in [2.45, 2.75) is 37.2 Å². The Balaban J connectivity index is 2.83. The van der Waals surface area contributed by atoms with Gasteiger partial charge in [0.15, 0.2) is 6.17 Å². The Morgan fingerprint density at radius 1 is 1.44 bits per heavy atom. The third kappa shape index (κ3) is 3.35. The van der Waals surface area contributed by atoms with E-state index in [2.05, 4.69) is 0 Å². The van der Waals surface area contributed by atoms with Gasteiger partial charge in [0.2, 0.25) is 0 Å². The average Bonchev–Trinajstić information content (AvgIpc) is 2.14. The Bertz CT molecular complexity index is 244. The summed E-state index contributed by atoms with van der Waals surface area (Å²) < 4.78 is 46.1. The van der Waals surface area contributed by atoms with Crippen LogP contribution in [0.2, 0.25) is 19.6 Å². The highest BCUT2D eigenvalue weighted by Crippen LogP contribution is 2.33. The Hall–Kier alpha value is 0.217. The van der Waals surface area contributed by atoms with Gasteiger partial charge in [-0.2, -0.15) is 8.78 Å². The molecule has 0 aromatic rings. The molecule has 2 nitrogen and oxygen atoms in total. The predicted octanol–water partition coefficient (Wildman–Crippen LogP) is 2.69. The summed E-state index contributed by atoms with van der Waals surface area (Å²) in [7, 11) is -1.84. The molecule has 1 aliphatic rings. The highest BCUT2D eigenvalue weighted by atomic mass is 35.5. The van der Waals surface area contributed by atoms with Crippen molar-refractivity contribution in [3.05, 3.63) is 0 Å². The van der Waals surface area contributed by atoms with E-state index < -0.39 is 25.8 Å². The van der Waals surface area contributed by atoms with Gasteiger partial charge in [-0.05, 0) is 11.6 Å². The highest BCUT2D eigenvalue weighted by Gasteiger charge is 2.48. The summed E-state index contributed by atoms with van der Waals surface area (Å²) in [6.45, 7) is 6.90. The molecule has 16 heavy (non-hydrogen) atoms. The molecule has 0 aromatic carbocycles. The average molecular weight is 276 g/mol. The second-order valence-electron chi connectivity index (χ2n) is 4.95. The zero-order chi connectivity index (χ0) is 12.6. The molecule has 0 spiro atoms. The minimum atomic E-state index is -3.83. The number of rotatable bonds is 3. The molecule has 0 aromatic heterocycles. The predicted molar refractivity (Wildman–Crippen MR) is 60.4 cm³/mol. The maximum atomic E-state index is 13.6. The standard InChI is InChI=1S/C9H17ClF3NOSi/c1-16(2,3)14-4-5-15-6-7(14)8(11)9(10,12)13/h7-8H,4-6H2,1-3H3. The Labute approximate surface area is 99.8 Å². The minimum Gasteiger partial charge on any atom is -0.378 e. The fourth-order valence-corrected chi connectivity index (χ4v) is 4.02. The van der Waals surface area contributed by atoms with Crippen LogP contribution in [0.15, 0.2) is 0 Å². The lowest BCUT2D eigenvalue weighted by atomic mass is 10.2. The van der Waals surface area contributed by atoms with Crippen LogP contribution >= 0.6 is 11.6 Å². The van der Waals surface area contributed by atoms with Crippen LogP contribution in [-0.4, -0.2) is 50.2 Å².